The number of methoxy groups -OCH3 is 1. The molecule has 0 saturated heterocycles. The van der Waals surface area contributed by atoms with Gasteiger partial charge in [0.1, 0.15) is 23.9 Å². The highest BCUT2D eigenvalue weighted by Crippen LogP contribution is 2.25. The van der Waals surface area contributed by atoms with Crippen LogP contribution in [0, 0.1) is 5.82 Å². The Morgan fingerprint density at radius 3 is 2.70 bits per heavy atom. The second-order valence-electron chi connectivity index (χ2n) is 4.18. The van der Waals surface area contributed by atoms with Crippen LogP contribution in [0.4, 0.5) is 4.39 Å². The first-order valence-electron chi connectivity index (χ1n) is 6.08. The molecule has 0 atom stereocenters. The van der Waals surface area contributed by atoms with Gasteiger partial charge in [-0.15, -0.1) is 0 Å². The van der Waals surface area contributed by atoms with Crippen molar-refractivity contribution in [1.29, 1.82) is 0 Å². The molecule has 2 aromatic carbocycles. The van der Waals surface area contributed by atoms with Crippen LogP contribution in [0.25, 0.3) is 0 Å². The van der Waals surface area contributed by atoms with Crippen LogP contribution in [0.1, 0.15) is 11.1 Å². The fourth-order valence-electron chi connectivity index (χ4n) is 1.80. The molecule has 0 amide bonds. The molecular weight excluding hydrogens is 281 g/mol. The minimum absolute atomic E-state index is 0.0832. The third-order valence-corrected chi connectivity index (χ3v) is 3.19. The van der Waals surface area contributed by atoms with Crippen LogP contribution in [0.2, 0.25) is 5.02 Å². The quantitative estimate of drug-likeness (QED) is 0.918. The maximum Gasteiger partial charge on any atom is 0.148 e. The Hall–Kier alpha value is -1.78. The number of hydrogen-bond acceptors (Lipinski definition) is 3. The number of benzene rings is 2. The first-order valence-corrected chi connectivity index (χ1v) is 6.46. The second kappa shape index (κ2) is 6.59. The van der Waals surface area contributed by atoms with Gasteiger partial charge in [-0.25, -0.2) is 4.39 Å². The van der Waals surface area contributed by atoms with Gasteiger partial charge >= 0.3 is 0 Å². The van der Waals surface area contributed by atoms with Crippen LogP contribution in [0.5, 0.6) is 11.5 Å². The first-order chi connectivity index (χ1) is 9.65. The van der Waals surface area contributed by atoms with Gasteiger partial charge in [-0.2, -0.15) is 0 Å². The predicted octanol–water partition coefficient (Wildman–Crippen LogP) is 3.53. The number of hydrogen-bond donors (Lipinski definition) is 1. The number of halogens is 2. The van der Waals surface area contributed by atoms with Crippen molar-refractivity contribution < 1.29 is 13.9 Å². The topological polar surface area (TPSA) is 44.5 Å². The van der Waals surface area contributed by atoms with Crippen molar-refractivity contribution in [2.45, 2.75) is 13.2 Å². The maximum absolute atomic E-state index is 13.7. The standard InChI is InChI=1S/C15H15ClFNO2/c1-19-12-5-6-14(11(7-12)8-18)20-9-10-3-2-4-13(16)15(10)17/h2-7H,8-9,18H2,1H3. The molecule has 0 bridgehead atoms. The van der Waals surface area contributed by atoms with Crippen LogP contribution in [-0.4, -0.2) is 7.11 Å². The van der Waals surface area contributed by atoms with Crippen LogP contribution < -0.4 is 15.2 Å². The lowest BCUT2D eigenvalue weighted by Crippen LogP contribution is -2.04. The van der Waals surface area contributed by atoms with Crippen molar-refractivity contribution in [3.8, 4) is 11.5 Å². The lowest BCUT2D eigenvalue weighted by atomic mass is 10.2. The number of rotatable bonds is 5. The summed E-state index contributed by atoms with van der Waals surface area (Å²) in [4.78, 5) is 0. The average molecular weight is 296 g/mol. The van der Waals surface area contributed by atoms with E-state index < -0.39 is 5.82 Å². The van der Waals surface area contributed by atoms with E-state index in [9.17, 15) is 4.39 Å². The molecule has 0 spiro atoms. The number of ether oxygens (including phenoxy) is 2. The zero-order valence-corrected chi connectivity index (χ0v) is 11.8. The molecular formula is C15H15ClFNO2. The summed E-state index contributed by atoms with van der Waals surface area (Å²) in [6.45, 7) is 0.399. The van der Waals surface area contributed by atoms with Crippen LogP contribution in [0.3, 0.4) is 0 Å². The largest absolute Gasteiger partial charge is 0.497 e. The molecule has 106 valence electrons. The fourth-order valence-corrected chi connectivity index (χ4v) is 1.99. The van der Waals surface area contributed by atoms with Crippen LogP contribution >= 0.6 is 11.6 Å². The predicted molar refractivity (Wildman–Crippen MR) is 76.6 cm³/mol. The summed E-state index contributed by atoms with van der Waals surface area (Å²) in [5.41, 5.74) is 6.86. The Morgan fingerprint density at radius 1 is 1.20 bits per heavy atom. The highest BCUT2D eigenvalue weighted by atomic mass is 35.5. The smallest absolute Gasteiger partial charge is 0.148 e. The molecule has 2 N–H and O–H groups in total. The van der Waals surface area contributed by atoms with E-state index in [4.69, 9.17) is 26.8 Å². The molecule has 0 saturated carbocycles. The van der Waals surface area contributed by atoms with Gasteiger partial charge in [0.2, 0.25) is 0 Å². The Kier molecular flexibility index (Phi) is 4.82. The Balaban J connectivity index is 2.16. The third kappa shape index (κ3) is 3.21. The average Bonchev–Trinajstić information content (AvgIpc) is 2.48. The molecule has 5 heteroatoms. The van der Waals surface area contributed by atoms with Gasteiger partial charge in [0, 0.05) is 17.7 Å². The minimum Gasteiger partial charge on any atom is -0.497 e. The summed E-state index contributed by atoms with van der Waals surface area (Å²) in [5.74, 6) is 0.844. The highest BCUT2D eigenvalue weighted by molar-refractivity contribution is 6.30. The molecule has 0 aliphatic carbocycles. The Labute approximate surface area is 122 Å². The van der Waals surface area contributed by atoms with Gasteiger partial charge in [0.25, 0.3) is 0 Å². The summed E-state index contributed by atoms with van der Waals surface area (Å²) >= 11 is 5.73. The van der Waals surface area contributed by atoms with E-state index in [0.29, 0.717) is 23.6 Å². The first kappa shape index (κ1) is 14.6. The molecule has 20 heavy (non-hydrogen) atoms. The Bertz CT molecular complexity index is 604. The van der Waals surface area contributed by atoms with E-state index in [1.54, 1.807) is 37.4 Å². The lowest BCUT2D eigenvalue weighted by molar-refractivity contribution is 0.296. The van der Waals surface area contributed by atoms with Crippen LogP contribution in [0.15, 0.2) is 36.4 Å². The van der Waals surface area contributed by atoms with E-state index in [1.807, 2.05) is 0 Å². The van der Waals surface area contributed by atoms with Gasteiger partial charge in [0.15, 0.2) is 0 Å². The normalized spacial score (nSPS) is 10.4. The van der Waals surface area contributed by atoms with E-state index >= 15 is 0 Å². The zero-order valence-electron chi connectivity index (χ0n) is 11.0. The summed E-state index contributed by atoms with van der Waals surface area (Å²) in [5, 5.41) is 0.0832. The van der Waals surface area contributed by atoms with E-state index in [0.717, 1.165) is 5.56 Å². The van der Waals surface area contributed by atoms with Crippen molar-refractivity contribution in [3.63, 3.8) is 0 Å². The van der Waals surface area contributed by atoms with E-state index in [2.05, 4.69) is 0 Å². The van der Waals surface area contributed by atoms with Gasteiger partial charge < -0.3 is 15.2 Å². The van der Waals surface area contributed by atoms with Gasteiger partial charge in [-0.1, -0.05) is 23.7 Å². The third-order valence-electron chi connectivity index (χ3n) is 2.90. The van der Waals surface area contributed by atoms with Crippen molar-refractivity contribution in [3.05, 3.63) is 58.4 Å². The van der Waals surface area contributed by atoms with Crippen molar-refractivity contribution in [1.82, 2.24) is 0 Å². The van der Waals surface area contributed by atoms with E-state index in [1.165, 1.54) is 6.07 Å². The second-order valence-corrected chi connectivity index (χ2v) is 4.59. The molecule has 0 fully saturated rings. The molecule has 2 aromatic rings. The Morgan fingerprint density at radius 2 is 2.00 bits per heavy atom. The van der Waals surface area contributed by atoms with Crippen molar-refractivity contribution in [2.24, 2.45) is 5.73 Å². The SMILES string of the molecule is COc1ccc(OCc2cccc(Cl)c2F)c(CN)c1. The summed E-state index contributed by atoms with van der Waals surface area (Å²) in [7, 11) is 1.58. The maximum atomic E-state index is 13.7. The summed E-state index contributed by atoms with van der Waals surface area (Å²) in [6.07, 6.45) is 0. The molecule has 3 nitrogen and oxygen atoms in total. The fraction of sp³-hybridized carbons (Fsp3) is 0.200. The van der Waals surface area contributed by atoms with Crippen molar-refractivity contribution >= 4 is 11.6 Å². The van der Waals surface area contributed by atoms with E-state index in [-0.39, 0.29) is 11.6 Å². The molecule has 0 aliphatic heterocycles. The molecule has 0 aromatic heterocycles. The summed E-state index contributed by atoms with van der Waals surface area (Å²) in [6, 6.07) is 10.1. The van der Waals surface area contributed by atoms with Gasteiger partial charge in [0.05, 0.1) is 12.1 Å². The molecule has 0 radical (unpaired) electrons. The highest BCUT2D eigenvalue weighted by Gasteiger charge is 2.09. The molecule has 2 rings (SSSR count). The molecule has 0 heterocycles. The van der Waals surface area contributed by atoms with Gasteiger partial charge in [-0.3, -0.25) is 0 Å². The van der Waals surface area contributed by atoms with Gasteiger partial charge in [-0.05, 0) is 24.3 Å². The lowest BCUT2D eigenvalue weighted by Gasteiger charge is -2.12. The van der Waals surface area contributed by atoms with Crippen molar-refractivity contribution in [2.75, 3.05) is 7.11 Å². The van der Waals surface area contributed by atoms with Crippen LogP contribution in [-0.2, 0) is 13.2 Å². The number of nitrogens with two attached hydrogens (primary N) is 1. The molecule has 0 unspecified atom stereocenters. The zero-order chi connectivity index (χ0) is 14.5. The summed E-state index contributed by atoms with van der Waals surface area (Å²) < 4.78 is 24.5. The molecule has 0 aliphatic rings. The monoisotopic (exact) mass is 295 g/mol. The minimum atomic E-state index is -0.461.